The number of hydrogen-bond acceptors (Lipinski definition) is 4. The first-order valence-electron chi connectivity index (χ1n) is 9.51. The van der Waals surface area contributed by atoms with Crippen LogP contribution in [0.15, 0.2) is 11.6 Å². The molecule has 3 N–H and O–H groups in total. The zero-order valence-electron chi connectivity index (χ0n) is 15.0. The normalized spacial score (nSPS) is 52.0. The number of carboxylic acid groups (broad SMARTS) is 1. The van der Waals surface area contributed by atoms with E-state index in [1.165, 1.54) is 5.57 Å². The molecule has 138 valence electrons. The van der Waals surface area contributed by atoms with Crippen LogP contribution in [-0.2, 0) is 9.59 Å². The molecular weight excluding hydrogens is 320 g/mol. The van der Waals surface area contributed by atoms with E-state index >= 15 is 0 Å². The fourth-order valence-corrected chi connectivity index (χ4v) is 7.04. The average molecular weight is 348 g/mol. The Morgan fingerprint density at radius 1 is 1.20 bits per heavy atom. The van der Waals surface area contributed by atoms with E-state index in [2.05, 4.69) is 6.92 Å². The zero-order valence-corrected chi connectivity index (χ0v) is 15.0. The lowest BCUT2D eigenvalue weighted by Gasteiger charge is -2.60. The van der Waals surface area contributed by atoms with Crippen LogP contribution in [0.3, 0.4) is 0 Å². The molecule has 3 fully saturated rings. The maximum atomic E-state index is 11.9. The van der Waals surface area contributed by atoms with Gasteiger partial charge in [-0.05, 0) is 67.8 Å². The molecule has 0 radical (unpaired) electrons. The van der Waals surface area contributed by atoms with Crippen LogP contribution in [0.1, 0.15) is 58.8 Å². The number of carbonyl (C=O) groups excluding carboxylic acids is 1. The summed E-state index contributed by atoms with van der Waals surface area (Å²) < 4.78 is 0. The Hall–Kier alpha value is -1.20. The number of hydrogen-bond donors (Lipinski definition) is 3. The van der Waals surface area contributed by atoms with Gasteiger partial charge in [-0.1, -0.05) is 19.4 Å². The average Bonchev–Trinajstić information content (AvgIpc) is 2.80. The van der Waals surface area contributed by atoms with Crippen LogP contribution in [-0.4, -0.2) is 38.8 Å². The van der Waals surface area contributed by atoms with E-state index in [-0.39, 0.29) is 35.4 Å². The van der Waals surface area contributed by atoms with Crippen molar-refractivity contribution in [3.63, 3.8) is 0 Å². The largest absolute Gasteiger partial charge is 0.479 e. The quantitative estimate of drug-likeness (QED) is 0.676. The molecule has 0 heterocycles. The number of aliphatic carboxylic acids is 1. The fraction of sp³-hybridized carbons (Fsp3) is 0.800. The first-order valence-corrected chi connectivity index (χ1v) is 9.51. The summed E-state index contributed by atoms with van der Waals surface area (Å²) in [6, 6.07) is 0. The van der Waals surface area contributed by atoms with Gasteiger partial charge in [-0.15, -0.1) is 0 Å². The molecule has 0 bridgehead atoms. The van der Waals surface area contributed by atoms with Gasteiger partial charge in [0.25, 0.3) is 0 Å². The standard InChI is InChI=1S/C20H28O5/c1-18-7-5-12(21)9-11(18)3-4-13-14-6-8-20(25,17(23)24)19(14,2)10-15(22)16(13)18/h9,13-16,22,25H,3-8,10H2,1-2H3,(H,23,24)/t13-,14-,15+,16+,18-,19-,20-/m0/s1. The van der Waals surface area contributed by atoms with Gasteiger partial charge in [-0.25, -0.2) is 4.79 Å². The van der Waals surface area contributed by atoms with Crippen molar-refractivity contribution in [2.45, 2.75) is 70.5 Å². The van der Waals surface area contributed by atoms with Crippen LogP contribution in [0, 0.1) is 28.6 Å². The number of carboxylic acids is 1. The van der Waals surface area contributed by atoms with E-state index in [4.69, 9.17) is 0 Å². The highest BCUT2D eigenvalue weighted by atomic mass is 16.4. The van der Waals surface area contributed by atoms with Gasteiger partial charge >= 0.3 is 5.97 Å². The molecule has 0 saturated heterocycles. The number of allylic oxidation sites excluding steroid dienone is 1. The predicted octanol–water partition coefficient (Wildman–Crippen LogP) is 2.30. The lowest BCUT2D eigenvalue weighted by molar-refractivity contribution is -0.194. The number of fused-ring (bicyclic) bond motifs is 5. The minimum Gasteiger partial charge on any atom is -0.479 e. The van der Waals surface area contributed by atoms with Crippen molar-refractivity contribution in [2.75, 3.05) is 0 Å². The van der Waals surface area contributed by atoms with Crippen LogP contribution in [0.4, 0.5) is 0 Å². The van der Waals surface area contributed by atoms with Crippen molar-refractivity contribution >= 4 is 11.8 Å². The Morgan fingerprint density at radius 3 is 2.60 bits per heavy atom. The monoisotopic (exact) mass is 348 g/mol. The lowest BCUT2D eigenvalue weighted by Crippen LogP contribution is -2.61. The molecule has 5 heteroatoms. The fourth-order valence-electron chi connectivity index (χ4n) is 7.04. The van der Waals surface area contributed by atoms with Crippen molar-refractivity contribution in [3.05, 3.63) is 11.6 Å². The van der Waals surface area contributed by atoms with E-state index in [9.17, 15) is 24.9 Å². The highest BCUT2D eigenvalue weighted by molar-refractivity contribution is 5.91. The van der Waals surface area contributed by atoms with Gasteiger partial charge in [0, 0.05) is 11.8 Å². The first kappa shape index (κ1) is 17.2. The highest BCUT2D eigenvalue weighted by Crippen LogP contribution is 2.67. The first-order chi connectivity index (χ1) is 11.6. The van der Waals surface area contributed by atoms with E-state index in [0.717, 1.165) is 19.3 Å². The summed E-state index contributed by atoms with van der Waals surface area (Å²) in [6.07, 6.45) is 5.43. The van der Waals surface area contributed by atoms with E-state index in [1.54, 1.807) is 6.08 Å². The van der Waals surface area contributed by atoms with Crippen molar-refractivity contribution in [2.24, 2.45) is 28.6 Å². The van der Waals surface area contributed by atoms with Gasteiger partial charge in [0.05, 0.1) is 6.10 Å². The zero-order chi connectivity index (χ0) is 18.2. The Kier molecular flexibility index (Phi) is 3.56. The van der Waals surface area contributed by atoms with Crippen LogP contribution >= 0.6 is 0 Å². The molecule has 25 heavy (non-hydrogen) atoms. The summed E-state index contributed by atoms with van der Waals surface area (Å²) in [7, 11) is 0. The second-order valence-corrected chi connectivity index (χ2v) is 9.28. The van der Waals surface area contributed by atoms with Gasteiger partial charge < -0.3 is 15.3 Å². The molecule has 0 unspecified atom stereocenters. The van der Waals surface area contributed by atoms with Gasteiger partial charge in [-0.2, -0.15) is 0 Å². The molecular formula is C20H28O5. The molecule has 0 spiro atoms. The lowest BCUT2D eigenvalue weighted by atomic mass is 9.45. The minimum absolute atomic E-state index is 0.0508. The molecule has 4 rings (SSSR count). The molecule has 0 aromatic carbocycles. The molecule has 0 aliphatic heterocycles. The smallest absolute Gasteiger partial charge is 0.336 e. The van der Waals surface area contributed by atoms with E-state index in [0.29, 0.717) is 19.3 Å². The Morgan fingerprint density at radius 2 is 1.92 bits per heavy atom. The third-order valence-electron chi connectivity index (χ3n) is 8.40. The molecule has 4 aliphatic carbocycles. The molecule has 0 aromatic heterocycles. The summed E-state index contributed by atoms with van der Waals surface area (Å²) in [5.74, 6) is -0.610. The second kappa shape index (κ2) is 5.17. The second-order valence-electron chi connectivity index (χ2n) is 9.28. The number of rotatable bonds is 1. The Bertz CT molecular complexity index is 669. The van der Waals surface area contributed by atoms with Crippen LogP contribution in [0.2, 0.25) is 0 Å². The molecule has 5 nitrogen and oxygen atoms in total. The van der Waals surface area contributed by atoms with Gasteiger partial charge in [0.15, 0.2) is 11.4 Å². The van der Waals surface area contributed by atoms with Gasteiger partial charge in [-0.3, -0.25) is 4.79 Å². The van der Waals surface area contributed by atoms with E-state index < -0.39 is 23.1 Å². The predicted molar refractivity (Wildman–Crippen MR) is 90.7 cm³/mol. The number of ketones is 1. The minimum atomic E-state index is -1.75. The number of aliphatic hydroxyl groups is 2. The van der Waals surface area contributed by atoms with Crippen LogP contribution in [0.25, 0.3) is 0 Å². The molecule has 7 atom stereocenters. The molecule has 0 amide bonds. The highest BCUT2D eigenvalue weighted by Gasteiger charge is 2.68. The van der Waals surface area contributed by atoms with E-state index in [1.807, 2.05) is 6.92 Å². The summed E-state index contributed by atoms with van der Waals surface area (Å²) in [5, 5.41) is 31.6. The van der Waals surface area contributed by atoms with Crippen molar-refractivity contribution in [3.8, 4) is 0 Å². The van der Waals surface area contributed by atoms with Crippen LogP contribution < -0.4 is 0 Å². The van der Waals surface area contributed by atoms with Gasteiger partial charge in [0.1, 0.15) is 0 Å². The Labute approximate surface area is 148 Å². The summed E-state index contributed by atoms with van der Waals surface area (Å²) in [4.78, 5) is 23.7. The summed E-state index contributed by atoms with van der Waals surface area (Å²) >= 11 is 0. The maximum absolute atomic E-state index is 11.9. The molecule has 0 aromatic rings. The van der Waals surface area contributed by atoms with Crippen molar-refractivity contribution in [1.82, 2.24) is 0 Å². The summed E-state index contributed by atoms with van der Waals surface area (Å²) in [5.41, 5.74) is -1.55. The van der Waals surface area contributed by atoms with Crippen LogP contribution in [0.5, 0.6) is 0 Å². The number of aliphatic hydroxyl groups excluding tert-OH is 1. The van der Waals surface area contributed by atoms with Crippen molar-refractivity contribution in [1.29, 1.82) is 0 Å². The summed E-state index contributed by atoms with van der Waals surface area (Å²) in [6.45, 7) is 4.03. The van der Waals surface area contributed by atoms with Crippen molar-refractivity contribution < 1.29 is 24.9 Å². The Balaban J connectivity index is 1.75. The SMILES string of the molecule is C[C@]12CCC(=O)C=C1CC[C@@H]1[C@@H]2[C@H](O)C[C@@]2(C)[C@H]1CC[C@]2(O)C(=O)O. The topological polar surface area (TPSA) is 94.8 Å². The third-order valence-corrected chi connectivity index (χ3v) is 8.40. The molecule has 4 aliphatic rings. The maximum Gasteiger partial charge on any atom is 0.336 e. The molecule has 3 saturated carbocycles. The van der Waals surface area contributed by atoms with Gasteiger partial charge in [0.2, 0.25) is 0 Å². The number of carbonyl (C=O) groups is 2. The third kappa shape index (κ3) is 2.02.